The summed E-state index contributed by atoms with van der Waals surface area (Å²) in [5.74, 6) is -0.512. The summed E-state index contributed by atoms with van der Waals surface area (Å²) in [7, 11) is 1.64. The third kappa shape index (κ3) is 4.73. The molecule has 3 aromatic rings. The van der Waals surface area contributed by atoms with Crippen molar-refractivity contribution in [2.24, 2.45) is 0 Å². The largest absolute Gasteiger partial charge is 0.396 e. The number of halogens is 2. The molecule has 8 heteroatoms. The first-order valence-corrected chi connectivity index (χ1v) is 10.1. The van der Waals surface area contributed by atoms with E-state index in [1.165, 1.54) is 17.0 Å². The van der Waals surface area contributed by atoms with E-state index in [-0.39, 0.29) is 29.7 Å². The summed E-state index contributed by atoms with van der Waals surface area (Å²) in [6, 6.07) is 15.0. The molecule has 0 spiro atoms. The van der Waals surface area contributed by atoms with Gasteiger partial charge >= 0.3 is 0 Å². The quantitative estimate of drug-likeness (QED) is 0.394. The van der Waals surface area contributed by atoms with Gasteiger partial charge in [0.05, 0.1) is 20.5 Å². The Hall–Kier alpha value is -2.67. The van der Waals surface area contributed by atoms with E-state index in [0.29, 0.717) is 33.8 Å². The Kier molecular flexibility index (Phi) is 6.92. The summed E-state index contributed by atoms with van der Waals surface area (Å²) >= 11 is 12.1. The van der Waals surface area contributed by atoms with Crippen molar-refractivity contribution in [2.45, 2.75) is 12.3 Å². The summed E-state index contributed by atoms with van der Waals surface area (Å²) in [5.41, 5.74) is 0.975. The summed E-state index contributed by atoms with van der Waals surface area (Å²) in [4.78, 5) is 25.5. The average Bonchev–Trinajstić information content (AvgIpc) is 2.73. The minimum Gasteiger partial charge on any atom is -0.396 e. The average molecular weight is 447 g/mol. The number of rotatable bonds is 7. The van der Waals surface area contributed by atoms with Gasteiger partial charge in [0.15, 0.2) is 0 Å². The zero-order chi connectivity index (χ0) is 21.8. The maximum absolute atomic E-state index is 13.2. The molecular weight excluding hydrogens is 427 g/mol. The summed E-state index contributed by atoms with van der Waals surface area (Å²) < 4.78 is 0. The van der Waals surface area contributed by atoms with Crippen LogP contribution in [0, 0.1) is 10.1 Å². The van der Waals surface area contributed by atoms with Crippen LogP contribution in [0.25, 0.3) is 10.8 Å². The van der Waals surface area contributed by atoms with E-state index in [0.717, 1.165) is 5.56 Å². The SMILES string of the molecule is CN(CC(CCO)c1ccc(Cl)c(Cl)c1)C(=O)c1cc([N+](=O)[O-])cc2ccccc12. The maximum Gasteiger partial charge on any atom is 0.270 e. The van der Waals surface area contributed by atoms with Crippen molar-refractivity contribution in [1.29, 1.82) is 0 Å². The molecule has 0 aliphatic carbocycles. The van der Waals surface area contributed by atoms with Crippen molar-refractivity contribution >= 4 is 45.6 Å². The van der Waals surface area contributed by atoms with Crippen LogP contribution in [0.3, 0.4) is 0 Å². The molecule has 1 unspecified atom stereocenters. The van der Waals surface area contributed by atoms with Crippen LogP contribution in [0.2, 0.25) is 10.0 Å². The highest BCUT2D eigenvalue weighted by molar-refractivity contribution is 6.42. The number of nitro groups is 1. The molecule has 30 heavy (non-hydrogen) atoms. The lowest BCUT2D eigenvalue weighted by Crippen LogP contribution is -2.31. The maximum atomic E-state index is 13.2. The van der Waals surface area contributed by atoms with Gasteiger partial charge in [0, 0.05) is 38.2 Å². The van der Waals surface area contributed by atoms with Gasteiger partial charge in [-0.2, -0.15) is 0 Å². The molecule has 1 N–H and O–H groups in total. The van der Waals surface area contributed by atoms with Crippen molar-refractivity contribution in [2.75, 3.05) is 20.2 Å². The molecule has 6 nitrogen and oxygen atoms in total. The molecule has 3 aromatic carbocycles. The lowest BCUT2D eigenvalue weighted by molar-refractivity contribution is -0.384. The van der Waals surface area contributed by atoms with Crippen molar-refractivity contribution < 1.29 is 14.8 Å². The van der Waals surface area contributed by atoms with Crippen LogP contribution in [0.5, 0.6) is 0 Å². The lowest BCUT2D eigenvalue weighted by atomic mass is 9.95. The predicted octanol–water partition coefficient (Wildman–Crippen LogP) is 5.29. The Bertz CT molecular complexity index is 1100. The Balaban J connectivity index is 1.94. The zero-order valence-electron chi connectivity index (χ0n) is 16.2. The number of fused-ring (bicyclic) bond motifs is 1. The number of nitrogens with zero attached hydrogens (tertiary/aromatic N) is 2. The van der Waals surface area contributed by atoms with Crippen LogP contribution in [-0.4, -0.2) is 41.0 Å². The highest BCUT2D eigenvalue weighted by Gasteiger charge is 2.23. The van der Waals surface area contributed by atoms with Gasteiger partial charge in [-0.25, -0.2) is 0 Å². The fraction of sp³-hybridized carbons (Fsp3) is 0.227. The molecule has 0 saturated carbocycles. The number of amides is 1. The number of aliphatic hydroxyl groups excluding tert-OH is 1. The molecule has 0 aromatic heterocycles. The van der Waals surface area contributed by atoms with Crippen molar-refractivity contribution in [3.05, 3.63) is 85.9 Å². The smallest absolute Gasteiger partial charge is 0.270 e. The van der Waals surface area contributed by atoms with Gasteiger partial charge in [-0.05, 0) is 34.9 Å². The van der Waals surface area contributed by atoms with Gasteiger partial charge in [-0.1, -0.05) is 53.5 Å². The molecule has 0 bridgehead atoms. The van der Waals surface area contributed by atoms with Crippen LogP contribution >= 0.6 is 23.2 Å². The number of carbonyl (C=O) groups is 1. The van der Waals surface area contributed by atoms with E-state index < -0.39 is 4.92 Å². The molecule has 3 rings (SSSR count). The highest BCUT2D eigenvalue weighted by Crippen LogP contribution is 2.30. The number of benzene rings is 3. The Labute approximate surface area is 183 Å². The van der Waals surface area contributed by atoms with Gasteiger partial charge in [-0.3, -0.25) is 14.9 Å². The molecule has 1 atom stereocenters. The second kappa shape index (κ2) is 9.43. The number of aliphatic hydroxyl groups is 1. The van der Waals surface area contributed by atoms with Crippen molar-refractivity contribution in [3.8, 4) is 0 Å². The standard InChI is InChI=1S/C22H20Cl2N2O4/c1-25(13-16(8-9-27)14-6-7-20(23)21(24)11-14)22(28)19-12-17(26(29)30)10-15-4-2-3-5-18(15)19/h2-7,10-12,16,27H,8-9,13H2,1H3. The number of likely N-dealkylation sites (N-methyl/N-ethyl adjacent to an activating group) is 1. The third-order valence-corrected chi connectivity index (χ3v) is 5.76. The first-order valence-electron chi connectivity index (χ1n) is 9.30. The second-order valence-corrected chi connectivity index (χ2v) is 7.85. The fourth-order valence-corrected chi connectivity index (χ4v) is 3.79. The fourth-order valence-electron chi connectivity index (χ4n) is 3.48. The van der Waals surface area contributed by atoms with E-state index in [4.69, 9.17) is 23.2 Å². The second-order valence-electron chi connectivity index (χ2n) is 7.04. The topological polar surface area (TPSA) is 83.7 Å². The van der Waals surface area contributed by atoms with E-state index in [1.54, 1.807) is 43.4 Å². The van der Waals surface area contributed by atoms with E-state index in [1.807, 2.05) is 6.07 Å². The van der Waals surface area contributed by atoms with Crippen LogP contribution in [0.1, 0.15) is 28.3 Å². The monoisotopic (exact) mass is 446 g/mol. The Morgan fingerprint density at radius 1 is 1.13 bits per heavy atom. The predicted molar refractivity (Wildman–Crippen MR) is 118 cm³/mol. The van der Waals surface area contributed by atoms with Crippen molar-refractivity contribution in [1.82, 2.24) is 4.90 Å². The lowest BCUT2D eigenvalue weighted by Gasteiger charge is -2.25. The summed E-state index contributed by atoms with van der Waals surface area (Å²) in [5, 5.41) is 22.9. The van der Waals surface area contributed by atoms with Gasteiger partial charge in [0.25, 0.3) is 11.6 Å². The first-order chi connectivity index (χ1) is 14.3. The van der Waals surface area contributed by atoms with Crippen LogP contribution < -0.4 is 0 Å². The molecule has 156 valence electrons. The van der Waals surface area contributed by atoms with Crippen LogP contribution in [0.4, 0.5) is 5.69 Å². The molecule has 0 heterocycles. The van der Waals surface area contributed by atoms with Gasteiger partial charge in [-0.15, -0.1) is 0 Å². The van der Waals surface area contributed by atoms with E-state index >= 15 is 0 Å². The molecule has 0 aliphatic heterocycles. The Morgan fingerprint density at radius 3 is 2.53 bits per heavy atom. The minimum atomic E-state index is -0.506. The number of nitro benzene ring substituents is 1. The minimum absolute atomic E-state index is 0.0628. The number of non-ortho nitro benzene ring substituents is 1. The van der Waals surface area contributed by atoms with Crippen LogP contribution in [0.15, 0.2) is 54.6 Å². The van der Waals surface area contributed by atoms with E-state index in [9.17, 15) is 20.0 Å². The summed E-state index contributed by atoms with van der Waals surface area (Å²) in [6.45, 7) is 0.237. The molecule has 0 fully saturated rings. The molecule has 0 radical (unpaired) electrons. The Morgan fingerprint density at radius 2 is 1.87 bits per heavy atom. The molecule has 1 amide bonds. The van der Waals surface area contributed by atoms with E-state index in [2.05, 4.69) is 0 Å². The number of carbonyl (C=O) groups excluding carboxylic acids is 1. The molecule has 0 saturated heterocycles. The molecule has 0 aliphatic rings. The van der Waals surface area contributed by atoms with Gasteiger partial charge < -0.3 is 10.0 Å². The highest BCUT2D eigenvalue weighted by atomic mass is 35.5. The zero-order valence-corrected chi connectivity index (χ0v) is 17.7. The normalized spacial score (nSPS) is 12.0. The van der Waals surface area contributed by atoms with Gasteiger partial charge in [0.1, 0.15) is 0 Å². The molecular formula is C22H20Cl2N2O4. The first kappa shape index (κ1) is 22.0. The number of hydrogen-bond acceptors (Lipinski definition) is 4. The van der Waals surface area contributed by atoms with Crippen molar-refractivity contribution in [3.63, 3.8) is 0 Å². The number of hydrogen-bond donors (Lipinski definition) is 1. The van der Waals surface area contributed by atoms with Gasteiger partial charge in [0.2, 0.25) is 0 Å². The third-order valence-electron chi connectivity index (χ3n) is 5.02. The van der Waals surface area contributed by atoms with Crippen LogP contribution in [-0.2, 0) is 0 Å². The summed E-state index contributed by atoms with van der Waals surface area (Å²) in [6.07, 6.45) is 0.422.